The minimum absolute atomic E-state index is 0.362. The first-order valence-electron chi connectivity index (χ1n) is 9.91. The molecule has 4 aromatic rings. The van der Waals surface area contributed by atoms with Gasteiger partial charge in [-0.3, -0.25) is 9.78 Å². The van der Waals surface area contributed by atoms with Gasteiger partial charge in [-0.1, -0.05) is 61.5 Å². The highest BCUT2D eigenvalue weighted by atomic mass is 16.5. The lowest BCUT2D eigenvalue weighted by Gasteiger charge is -2.13. The van der Waals surface area contributed by atoms with E-state index in [-0.39, 0.29) is 12.5 Å². The maximum atomic E-state index is 12.9. The number of aromatic nitrogens is 1. The van der Waals surface area contributed by atoms with E-state index in [0.29, 0.717) is 17.7 Å². The molecule has 0 fully saturated rings. The molecular weight excluding hydrogens is 376 g/mol. The Hall–Kier alpha value is -3.73. The summed E-state index contributed by atoms with van der Waals surface area (Å²) in [5.41, 5.74) is 3.53. The molecular formula is C25H22N2O3. The molecule has 1 heterocycles. The molecule has 150 valence electrons. The lowest BCUT2D eigenvalue weighted by Crippen LogP contribution is -2.22. The number of nitrogens with one attached hydrogen (secondary N) is 1. The standard InChI is InChI=1S/C25H22N2O3/c1-3-20-16(2)24(19-12-6-7-13-22(19)26-20)25(29)30-15-23(28)27-21-14-8-10-17-9-4-5-11-18(17)21/h4-14H,3,15H2,1-2H3,(H,27,28). The number of fused-ring (bicyclic) bond motifs is 2. The number of para-hydroxylation sites is 1. The van der Waals surface area contributed by atoms with Crippen LogP contribution in [0.2, 0.25) is 0 Å². The Kier molecular flexibility index (Phi) is 5.44. The van der Waals surface area contributed by atoms with Gasteiger partial charge in [-0.25, -0.2) is 4.79 Å². The molecule has 1 N–H and O–H groups in total. The quantitative estimate of drug-likeness (QED) is 0.478. The fourth-order valence-electron chi connectivity index (χ4n) is 3.69. The van der Waals surface area contributed by atoms with Crippen molar-refractivity contribution in [3.8, 4) is 0 Å². The summed E-state index contributed by atoms with van der Waals surface area (Å²) in [6, 6.07) is 20.9. The van der Waals surface area contributed by atoms with E-state index >= 15 is 0 Å². The molecule has 0 saturated carbocycles. The van der Waals surface area contributed by atoms with Crippen LogP contribution >= 0.6 is 0 Å². The number of esters is 1. The van der Waals surface area contributed by atoms with Crippen LogP contribution in [-0.4, -0.2) is 23.5 Å². The van der Waals surface area contributed by atoms with Crippen LogP contribution in [0.3, 0.4) is 0 Å². The van der Waals surface area contributed by atoms with E-state index in [0.717, 1.165) is 32.9 Å². The number of rotatable bonds is 5. The van der Waals surface area contributed by atoms with E-state index in [1.54, 1.807) is 0 Å². The van der Waals surface area contributed by atoms with Crippen LogP contribution in [0.15, 0.2) is 66.7 Å². The first-order valence-corrected chi connectivity index (χ1v) is 9.91. The number of nitrogens with zero attached hydrogens (tertiary/aromatic N) is 1. The van der Waals surface area contributed by atoms with Crippen LogP contribution in [0.5, 0.6) is 0 Å². The Morgan fingerprint density at radius 1 is 0.933 bits per heavy atom. The topological polar surface area (TPSA) is 68.3 Å². The van der Waals surface area contributed by atoms with Crippen molar-refractivity contribution >= 4 is 39.2 Å². The van der Waals surface area contributed by atoms with Crippen LogP contribution < -0.4 is 5.32 Å². The molecule has 0 aliphatic heterocycles. The number of hydrogen-bond acceptors (Lipinski definition) is 4. The monoisotopic (exact) mass is 398 g/mol. The highest BCUT2D eigenvalue weighted by Gasteiger charge is 2.19. The van der Waals surface area contributed by atoms with Gasteiger partial charge in [-0.15, -0.1) is 0 Å². The number of aryl methyl sites for hydroxylation is 1. The van der Waals surface area contributed by atoms with Gasteiger partial charge >= 0.3 is 5.97 Å². The molecule has 0 aliphatic rings. The third kappa shape index (κ3) is 3.74. The highest BCUT2D eigenvalue weighted by Crippen LogP contribution is 2.25. The Bertz CT molecular complexity index is 1260. The minimum atomic E-state index is -0.520. The van der Waals surface area contributed by atoms with E-state index in [1.165, 1.54) is 0 Å². The normalized spacial score (nSPS) is 10.9. The summed E-state index contributed by atoms with van der Waals surface area (Å²) < 4.78 is 5.38. The van der Waals surface area contributed by atoms with Crippen molar-refractivity contribution in [2.75, 3.05) is 11.9 Å². The third-order valence-corrected chi connectivity index (χ3v) is 5.17. The van der Waals surface area contributed by atoms with Gasteiger partial charge in [0.05, 0.1) is 11.1 Å². The summed E-state index contributed by atoms with van der Waals surface area (Å²) in [5.74, 6) is -0.902. The van der Waals surface area contributed by atoms with Crippen LogP contribution in [-0.2, 0) is 16.0 Å². The number of pyridine rings is 1. The first-order chi connectivity index (χ1) is 14.6. The van der Waals surface area contributed by atoms with Gasteiger partial charge in [-0.2, -0.15) is 0 Å². The van der Waals surface area contributed by atoms with E-state index < -0.39 is 5.97 Å². The average Bonchev–Trinajstić information content (AvgIpc) is 2.77. The zero-order valence-corrected chi connectivity index (χ0v) is 16.9. The second-order valence-electron chi connectivity index (χ2n) is 7.08. The van der Waals surface area contributed by atoms with Gasteiger partial charge in [0.15, 0.2) is 6.61 Å². The van der Waals surface area contributed by atoms with E-state index in [1.807, 2.05) is 80.6 Å². The van der Waals surface area contributed by atoms with E-state index in [4.69, 9.17) is 4.74 Å². The Balaban J connectivity index is 1.54. The summed E-state index contributed by atoms with van der Waals surface area (Å²) in [6.45, 7) is 3.50. The SMILES string of the molecule is CCc1nc2ccccc2c(C(=O)OCC(=O)Nc2cccc3ccccc23)c1C. The Morgan fingerprint density at radius 2 is 1.63 bits per heavy atom. The summed E-state index contributed by atoms with van der Waals surface area (Å²) in [6.07, 6.45) is 0.707. The molecule has 5 heteroatoms. The third-order valence-electron chi connectivity index (χ3n) is 5.17. The second kappa shape index (κ2) is 8.33. The number of ether oxygens (including phenoxy) is 1. The van der Waals surface area contributed by atoms with Crippen LogP contribution in [0.4, 0.5) is 5.69 Å². The summed E-state index contributed by atoms with van der Waals surface area (Å²) in [7, 11) is 0. The highest BCUT2D eigenvalue weighted by molar-refractivity contribution is 6.07. The number of carbonyl (C=O) groups is 2. The molecule has 0 atom stereocenters. The number of hydrogen-bond donors (Lipinski definition) is 1. The number of carbonyl (C=O) groups excluding carboxylic acids is 2. The van der Waals surface area contributed by atoms with Crippen LogP contribution in [0, 0.1) is 6.92 Å². The first kappa shape index (κ1) is 19.6. The molecule has 0 saturated heterocycles. The molecule has 0 radical (unpaired) electrons. The summed E-state index contributed by atoms with van der Waals surface area (Å²) in [4.78, 5) is 30.0. The lowest BCUT2D eigenvalue weighted by atomic mass is 10.0. The van der Waals surface area contributed by atoms with Crippen molar-refractivity contribution in [1.82, 2.24) is 4.98 Å². The fourth-order valence-corrected chi connectivity index (χ4v) is 3.69. The molecule has 0 spiro atoms. The fraction of sp³-hybridized carbons (Fsp3) is 0.160. The van der Waals surface area contributed by atoms with Crippen LogP contribution in [0.1, 0.15) is 28.5 Å². The molecule has 0 bridgehead atoms. The predicted molar refractivity (Wildman–Crippen MR) is 119 cm³/mol. The molecule has 4 rings (SSSR count). The number of anilines is 1. The summed E-state index contributed by atoms with van der Waals surface area (Å²) in [5, 5.41) is 5.53. The largest absolute Gasteiger partial charge is 0.452 e. The molecule has 30 heavy (non-hydrogen) atoms. The van der Waals surface area contributed by atoms with E-state index in [2.05, 4.69) is 10.3 Å². The number of amides is 1. The molecule has 5 nitrogen and oxygen atoms in total. The van der Waals surface area contributed by atoms with Gasteiger partial charge in [0.2, 0.25) is 0 Å². The summed E-state index contributed by atoms with van der Waals surface area (Å²) >= 11 is 0. The minimum Gasteiger partial charge on any atom is -0.452 e. The maximum absolute atomic E-state index is 12.9. The molecule has 0 unspecified atom stereocenters. The molecule has 1 amide bonds. The zero-order valence-electron chi connectivity index (χ0n) is 16.9. The molecule has 1 aromatic heterocycles. The van der Waals surface area contributed by atoms with Crippen molar-refractivity contribution in [2.45, 2.75) is 20.3 Å². The lowest BCUT2D eigenvalue weighted by molar-refractivity contribution is -0.119. The van der Waals surface area contributed by atoms with Crippen molar-refractivity contribution in [2.24, 2.45) is 0 Å². The van der Waals surface area contributed by atoms with Crippen LogP contribution in [0.25, 0.3) is 21.7 Å². The van der Waals surface area contributed by atoms with Gasteiger partial charge < -0.3 is 10.1 Å². The average molecular weight is 398 g/mol. The van der Waals surface area contributed by atoms with Gasteiger partial charge in [0.25, 0.3) is 5.91 Å². The maximum Gasteiger partial charge on any atom is 0.339 e. The van der Waals surface area contributed by atoms with Gasteiger partial charge in [-0.05, 0) is 36.4 Å². The van der Waals surface area contributed by atoms with Crippen molar-refractivity contribution < 1.29 is 14.3 Å². The van der Waals surface area contributed by atoms with E-state index in [9.17, 15) is 9.59 Å². The smallest absolute Gasteiger partial charge is 0.339 e. The Morgan fingerprint density at radius 3 is 2.43 bits per heavy atom. The van der Waals surface area contributed by atoms with Crippen molar-refractivity contribution in [3.63, 3.8) is 0 Å². The predicted octanol–water partition coefficient (Wildman–Crippen LogP) is 5.05. The number of benzene rings is 3. The van der Waals surface area contributed by atoms with Gasteiger partial charge in [0, 0.05) is 22.2 Å². The van der Waals surface area contributed by atoms with Crippen molar-refractivity contribution in [3.05, 3.63) is 83.6 Å². The molecule has 0 aliphatic carbocycles. The van der Waals surface area contributed by atoms with Crippen molar-refractivity contribution in [1.29, 1.82) is 0 Å². The van der Waals surface area contributed by atoms with Gasteiger partial charge in [0.1, 0.15) is 0 Å². The zero-order chi connectivity index (χ0) is 21.1. The Labute approximate surface area is 174 Å². The second-order valence-corrected chi connectivity index (χ2v) is 7.08. The molecule has 3 aromatic carbocycles.